The van der Waals surface area contributed by atoms with E-state index >= 15 is 0 Å². The van der Waals surface area contributed by atoms with Gasteiger partial charge in [-0.25, -0.2) is 4.79 Å². The fourth-order valence-electron chi connectivity index (χ4n) is 2.67. The van der Waals surface area contributed by atoms with Crippen LogP contribution in [0.1, 0.15) is 12.2 Å². The lowest BCUT2D eigenvalue weighted by molar-refractivity contribution is -0.121. The average molecular weight is 390 g/mol. The van der Waals surface area contributed by atoms with Crippen LogP contribution in [0, 0.1) is 0 Å². The summed E-state index contributed by atoms with van der Waals surface area (Å²) >= 11 is 1.16. The van der Waals surface area contributed by atoms with E-state index in [1.165, 1.54) is 0 Å². The molecular weight excluding hydrogens is 372 g/mol. The van der Waals surface area contributed by atoms with Crippen molar-refractivity contribution >= 4 is 29.6 Å². The predicted octanol–water partition coefficient (Wildman–Crippen LogP) is -0.00610. The quantitative estimate of drug-likeness (QED) is 0.565. The summed E-state index contributed by atoms with van der Waals surface area (Å²) in [4.78, 5) is 34.3. The summed E-state index contributed by atoms with van der Waals surface area (Å²) in [6.45, 7) is 0. The van der Waals surface area contributed by atoms with E-state index in [0.29, 0.717) is 23.2 Å². The fourth-order valence-corrected chi connectivity index (χ4v) is 3.38. The van der Waals surface area contributed by atoms with Gasteiger partial charge in [-0.2, -0.15) is 0 Å². The maximum atomic E-state index is 11.6. The Labute approximate surface area is 158 Å². The molecule has 1 fully saturated rings. The van der Waals surface area contributed by atoms with Gasteiger partial charge in [-0.05, 0) is 24.3 Å². The number of hydrogen-bond donors (Lipinski definition) is 3. The highest BCUT2D eigenvalue weighted by Gasteiger charge is 2.26. The van der Waals surface area contributed by atoms with Gasteiger partial charge in [0.25, 0.3) is 0 Å². The minimum absolute atomic E-state index is 0.0524. The first-order chi connectivity index (χ1) is 13.0. The number of nitrogens with zero attached hydrogens (tertiary/aromatic N) is 3. The standard InChI is InChI=1S/C16H18N6O4S/c1-26-11-4-2-10(3-5-11)22-13(20-21-16(22)27-8-12(17)23)6-9-7-14(24)19-15(25)18-9/h2-5,9H,6-8H2,1H3,(H2,17,23)(H2,18,19,24,25). The van der Waals surface area contributed by atoms with Crippen LogP contribution in [-0.2, 0) is 16.0 Å². The van der Waals surface area contributed by atoms with Gasteiger partial charge < -0.3 is 15.8 Å². The molecule has 0 saturated carbocycles. The number of amides is 4. The second kappa shape index (κ2) is 8.08. The number of carbonyl (C=O) groups excluding carboxylic acids is 3. The van der Waals surface area contributed by atoms with Crippen LogP contribution in [0.3, 0.4) is 0 Å². The first-order valence-electron chi connectivity index (χ1n) is 8.06. The van der Waals surface area contributed by atoms with Gasteiger partial charge >= 0.3 is 6.03 Å². The topological polar surface area (TPSA) is 141 Å². The summed E-state index contributed by atoms with van der Waals surface area (Å²) in [5.41, 5.74) is 5.99. The van der Waals surface area contributed by atoms with Crippen LogP contribution in [-0.4, -0.2) is 51.5 Å². The minimum Gasteiger partial charge on any atom is -0.497 e. The maximum Gasteiger partial charge on any atom is 0.321 e. The number of primary amides is 1. The Morgan fingerprint density at radius 3 is 2.70 bits per heavy atom. The third-order valence-corrected chi connectivity index (χ3v) is 4.77. The molecule has 1 atom stereocenters. The van der Waals surface area contributed by atoms with E-state index in [2.05, 4.69) is 20.8 Å². The van der Waals surface area contributed by atoms with E-state index in [-0.39, 0.29) is 18.1 Å². The van der Waals surface area contributed by atoms with Crippen LogP contribution >= 0.6 is 11.8 Å². The molecule has 2 heterocycles. The second-order valence-corrected chi connectivity index (χ2v) is 6.76. The zero-order valence-corrected chi connectivity index (χ0v) is 15.3. The molecule has 0 radical (unpaired) electrons. The predicted molar refractivity (Wildman–Crippen MR) is 96.6 cm³/mol. The molecule has 2 aromatic rings. The Kier molecular flexibility index (Phi) is 5.60. The molecule has 0 aliphatic carbocycles. The van der Waals surface area contributed by atoms with Crippen molar-refractivity contribution in [1.29, 1.82) is 0 Å². The lowest BCUT2D eigenvalue weighted by Crippen LogP contribution is -2.53. The van der Waals surface area contributed by atoms with Crippen molar-refractivity contribution in [1.82, 2.24) is 25.4 Å². The summed E-state index contributed by atoms with van der Waals surface area (Å²) in [7, 11) is 1.57. The van der Waals surface area contributed by atoms with Crippen LogP contribution in [0.4, 0.5) is 4.79 Å². The van der Waals surface area contributed by atoms with Crippen LogP contribution < -0.4 is 21.1 Å². The van der Waals surface area contributed by atoms with Crippen molar-refractivity contribution in [3.63, 3.8) is 0 Å². The van der Waals surface area contributed by atoms with Crippen LogP contribution in [0.5, 0.6) is 5.75 Å². The van der Waals surface area contributed by atoms with E-state index < -0.39 is 18.0 Å². The second-order valence-electron chi connectivity index (χ2n) is 5.81. The molecule has 1 saturated heterocycles. The molecule has 27 heavy (non-hydrogen) atoms. The third kappa shape index (κ3) is 4.56. The number of aromatic nitrogens is 3. The van der Waals surface area contributed by atoms with Gasteiger partial charge in [0, 0.05) is 24.6 Å². The number of rotatable bonds is 7. The van der Waals surface area contributed by atoms with E-state index in [0.717, 1.165) is 17.4 Å². The number of methoxy groups -OCH3 is 1. The first-order valence-corrected chi connectivity index (χ1v) is 9.05. The molecule has 1 aliphatic rings. The number of benzene rings is 1. The number of nitrogens with two attached hydrogens (primary N) is 1. The van der Waals surface area contributed by atoms with Gasteiger partial charge in [0.2, 0.25) is 11.8 Å². The van der Waals surface area contributed by atoms with Crippen molar-refractivity contribution in [3.05, 3.63) is 30.1 Å². The van der Waals surface area contributed by atoms with Crippen molar-refractivity contribution in [2.24, 2.45) is 5.73 Å². The molecule has 11 heteroatoms. The van der Waals surface area contributed by atoms with Crippen molar-refractivity contribution < 1.29 is 19.1 Å². The highest BCUT2D eigenvalue weighted by molar-refractivity contribution is 7.99. The SMILES string of the molecule is COc1ccc(-n2c(CC3CC(=O)NC(=O)N3)nnc2SCC(N)=O)cc1. The Hall–Kier alpha value is -3.08. The summed E-state index contributed by atoms with van der Waals surface area (Å²) in [6, 6.07) is 6.30. The van der Waals surface area contributed by atoms with E-state index in [9.17, 15) is 14.4 Å². The lowest BCUT2D eigenvalue weighted by Gasteiger charge is -2.23. The summed E-state index contributed by atoms with van der Waals surface area (Å²) < 4.78 is 6.94. The van der Waals surface area contributed by atoms with E-state index in [1.807, 2.05) is 12.1 Å². The normalized spacial score (nSPS) is 16.6. The van der Waals surface area contributed by atoms with Crippen molar-refractivity contribution in [2.75, 3.05) is 12.9 Å². The molecule has 0 spiro atoms. The van der Waals surface area contributed by atoms with Gasteiger partial charge in [0.05, 0.1) is 12.9 Å². The average Bonchev–Trinajstić information content (AvgIpc) is 3.01. The molecule has 10 nitrogen and oxygen atoms in total. The van der Waals surface area contributed by atoms with Crippen molar-refractivity contribution in [2.45, 2.75) is 24.0 Å². The number of ether oxygens (including phenoxy) is 1. The largest absolute Gasteiger partial charge is 0.497 e. The summed E-state index contributed by atoms with van der Waals surface area (Å²) in [6.07, 6.45) is 0.445. The number of thioether (sulfide) groups is 1. The highest BCUT2D eigenvalue weighted by Crippen LogP contribution is 2.24. The van der Waals surface area contributed by atoms with Crippen LogP contribution in [0.2, 0.25) is 0 Å². The lowest BCUT2D eigenvalue weighted by atomic mass is 10.1. The fraction of sp³-hybridized carbons (Fsp3) is 0.312. The molecule has 1 aromatic heterocycles. The monoisotopic (exact) mass is 390 g/mol. The van der Waals surface area contributed by atoms with Crippen LogP contribution in [0.15, 0.2) is 29.4 Å². The first kappa shape index (κ1) is 18.7. The Morgan fingerprint density at radius 2 is 2.07 bits per heavy atom. The Balaban J connectivity index is 1.91. The smallest absolute Gasteiger partial charge is 0.321 e. The van der Waals surface area contributed by atoms with Gasteiger partial charge in [0.1, 0.15) is 11.6 Å². The Bertz CT molecular complexity index is 850. The number of nitrogens with one attached hydrogen (secondary N) is 2. The number of imide groups is 1. The summed E-state index contributed by atoms with van der Waals surface area (Å²) in [5.74, 6) is 0.476. The number of carbonyl (C=O) groups is 3. The van der Waals surface area contributed by atoms with Gasteiger partial charge in [-0.15, -0.1) is 10.2 Å². The van der Waals surface area contributed by atoms with Crippen molar-refractivity contribution in [3.8, 4) is 11.4 Å². The van der Waals surface area contributed by atoms with Gasteiger partial charge in [0.15, 0.2) is 5.16 Å². The zero-order valence-electron chi connectivity index (χ0n) is 14.5. The maximum absolute atomic E-state index is 11.6. The molecule has 4 N–H and O–H groups in total. The van der Waals surface area contributed by atoms with Crippen LogP contribution in [0.25, 0.3) is 5.69 Å². The van der Waals surface area contributed by atoms with Gasteiger partial charge in [-0.3, -0.25) is 19.5 Å². The zero-order chi connectivity index (χ0) is 19.4. The molecule has 0 bridgehead atoms. The summed E-state index contributed by atoms with van der Waals surface area (Å²) in [5, 5.41) is 13.7. The molecule has 1 aliphatic heterocycles. The van der Waals surface area contributed by atoms with Gasteiger partial charge in [-0.1, -0.05) is 11.8 Å². The third-order valence-electron chi connectivity index (χ3n) is 3.82. The molecule has 3 rings (SSSR count). The molecule has 142 valence electrons. The highest BCUT2D eigenvalue weighted by atomic mass is 32.2. The number of urea groups is 1. The molecule has 4 amide bonds. The molecule has 1 aromatic carbocycles. The van der Waals surface area contributed by atoms with E-state index in [4.69, 9.17) is 10.5 Å². The molecule has 1 unspecified atom stereocenters. The number of hydrogen-bond acceptors (Lipinski definition) is 7. The molecular formula is C16H18N6O4S. The minimum atomic E-state index is -0.532. The Morgan fingerprint density at radius 1 is 1.33 bits per heavy atom. The van der Waals surface area contributed by atoms with E-state index in [1.54, 1.807) is 23.8 Å².